The van der Waals surface area contributed by atoms with Gasteiger partial charge in [-0.1, -0.05) is 271 Å². The van der Waals surface area contributed by atoms with E-state index in [1.54, 1.807) is 0 Å². The number of aliphatic hydroxyl groups excluding tert-OH is 1. The van der Waals surface area contributed by atoms with E-state index in [1.165, 1.54) is 193 Å². The predicted molar refractivity (Wildman–Crippen MR) is 257 cm³/mol. The summed E-state index contributed by atoms with van der Waals surface area (Å²) in [6, 6.07) is 0. The van der Waals surface area contributed by atoms with Crippen molar-refractivity contribution in [3.63, 3.8) is 0 Å². The summed E-state index contributed by atoms with van der Waals surface area (Å²) in [6.45, 7) is 5.61. The number of carbonyl (C=O) groups is 3. The van der Waals surface area contributed by atoms with Gasteiger partial charge in [0.25, 0.3) is 0 Å². The minimum Gasteiger partial charge on any atom is -0.393 e. The van der Waals surface area contributed by atoms with Crippen LogP contribution in [0, 0.1) is 0 Å². The minimum atomic E-state index is -2.91. The zero-order valence-corrected chi connectivity index (χ0v) is 40.6. The molecule has 3 N–H and O–H groups in total. The molecule has 0 bridgehead atoms. The lowest BCUT2D eigenvalue weighted by atomic mass is 9.71. The Morgan fingerprint density at radius 2 is 0.450 bits per heavy atom. The number of hydrogen-bond acceptors (Lipinski definition) is 6. The van der Waals surface area contributed by atoms with Crippen molar-refractivity contribution in [3.05, 3.63) is 0 Å². The summed E-state index contributed by atoms with van der Waals surface area (Å²) < 4.78 is 0. The maximum absolute atomic E-state index is 13.8. The average molecular weight is 849 g/mol. The van der Waals surface area contributed by atoms with Gasteiger partial charge in [0.1, 0.15) is 0 Å². The first-order valence-electron chi connectivity index (χ1n) is 26.9. The van der Waals surface area contributed by atoms with Crippen molar-refractivity contribution in [2.24, 2.45) is 0 Å². The number of carbonyl (C=O) groups excluding carboxylic acids is 3. The van der Waals surface area contributed by atoms with Crippen LogP contribution in [0.15, 0.2) is 0 Å². The Morgan fingerprint density at radius 1 is 0.283 bits per heavy atom. The molecule has 0 radical (unpaired) electrons. The molecular formula is C54H104O6. The quantitative estimate of drug-likeness (QED) is 0.0415. The van der Waals surface area contributed by atoms with E-state index in [9.17, 15) is 29.7 Å². The van der Waals surface area contributed by atoms with Crippen LogP contribution in [0.3, 0.4) is 0 Å². The molecule has 0 spiro atoms. The fourth-order valence-corrected chi connectivity index (χ4v) is 9.03. The Bertz CT molecular complexity index is 920. The molecule has 0 saturated heterocycles. The molecule has 0 saturated carbocycles. The Labute approximate surface area is 373 Å². The van der Waals surface area contributed by atoms with Crippen LogP contribution < -0.4 is 0 Å². The van der Waals surface area contributed by atoms with E-state index in [1.807, 2.05) is 0 Å². The highest BCUT2D eigenvalue weighted by atomic mass is 16.4. The van der Waals surface area contributed by atoms with Gasteiger partial charge in [0, 0.05) is 19.3 Å². The second-order valence-electron chi connectivity index (χ2n) is 19.0. The van der Waals surface area contributed by atoms with Crippen LogP contribution in [-0.4, -0.2) is 50.5 Å². The zero-order chi connectivity index (χ0) is 44.3. The molecule has 1 atom stereocenters. The van der Waals surface area contributed by atoms with Crippen molar-refractivity contribution < 1.29 is 29.7 Å². The molecule has 0 aromatic rings. The van der Waals surface area contributed by atoms with Gasteiger partial charge >= 0.3 is 0 Å². The topological polar surface area (TPSA) is 112 Å². The predicted octanol–water partition coefficient (Wildman–Crippen LogP) is 15.8. The molecule has 0 aromatic carbocycles. The molecule has 356 valence electrons. The number of aliphatic hydroxyl groups is 3. The molecule has 0 amide bonds. The maximum atomic E-state index is 13.8. The van der Waals surface area contributed by atoms with Gasteiger partial charge < -0.3 is 15.3 Å². The van der Waals surface area contributed by atoms with E-state index in [2.05, 4.69) is 20.8 Å². The Morgan fingerprint density at radius 3 is 0.633 bits per heavy atom. The molecule has 0 aliphatic carbocycles. The van der Waals surface area contributed by atoms with Gasteiger partial charge in [-0.3, -0.25) is 14.4 Å². The first-order chi connectivity index (χ1) is 29.3. The maximum Gasteiger partial charge on any atom is 0.219 e. The molecule has 0 fully saturated rings. The smallest absolute Gasteiger partial charge is 0.219 e. The van der Waals surface area contributed by atoms with Gasteiger partial charge in [-0.25, -0.2) is 0 Å². The summed E-state index contributed by atoms with van der Waals surface area (Å²) in [5, 5.41) is 34.1. The second kappa shape index (κ2) is 43.2. The summed E-state index contributed by atoms with van der Waals surface area (Å²) in [5.41, 5.74) is -5.73. The van der Waals surface area contributed by atoms with Crippen molar-refractivity contribution in [2.45, 2.75) is 321 Å². The first-order valence-corrected chi connectivity index (χ1v) is 26.9. The van der Waals surface area contributed by atoms with Gasteiger partial charge in [0.15, 0.2) is 23.0 Å². The molecular weight excluding hydrogens is 745 g/mol. The van der Waals surface area contributed by atoms with E-state index < -0.39 is 35.2 Å². The number of ketones is 3. The average Bonchev–Trinajstić information content (AvgIpc) is 3.25. The molecule has 0 aliphatic rings. The Hall–Kier alpha value is -1.11. The Kier molecular flexibility index (Phi) is 42.4. The van der Waals surface area contributed by atoms with Crippen molar-refractivity contribution >= 4 is 17.3 Å². The highest BCUT2D eigenvalue weighted by molar-refractivity contribution is 6.16. The monoisotopic (exact) mass is 849 g/mol. The van der Waals surface area contributed by atoms with Gasteiger partial charge in [-0.2, -0.15) is 0 Å². The molecule has 0 aliphatic heterocycles. The number of Topliss-reactive ketones (excluding diaryl/α,β-unsaturated/α-hetero) is 3. The van der Waals surface area contributed by atoms with Gasteiger partial charge in [0.05, 0.1) is 6.61 Å². The summed E-state index contributed by atoms with van der Waals surface area (Å²) in [6.07, 6.45) is 48.8. The summed E-state index contributed by atoms with van der Waals surface area (Å²) in [4.78, 5) is 41.2. The highest BCUT2D eigenvalue weighted by Gasteiger charge is 2.62. The first kappa shape index (κ1) is 58.9. The summed E-state index contributed by atoms with van der Waals surface area (Å²) in [5.74, 6) is -2.43. The lowest BCUT2D eigenvalue weighted by molar-refractivity contribution is -0.194. The zero-order valence-electron chi connectivity index (χ0n) is 40.6. The third kappa shape index (κ3) is 30.1. The van der Waals surface area contributed by atoms with Crippen LogP contribution >= 0.6 is 0 Å². The van der Waals surface area contributed by atoms with Crippen LogP contribution in [0.4, 0.5) is 0 Å². The number of hydrogen-bond donors (Lipinski definition) is 3. The second-order valence-corrected chi connectivity index (χ2v) is 19.0. The molecule has 6 heteroatoms. The third-order valence-corrected chi connectivity index (χ3v) is 13.4. The molecule has 0 aromatic heterocycles. The Balaban J connectivity index is 4.89. The minimum absolute atomic E-state index is 0.0737. The van der Waals surface area contributed by atoms with Crippen LogP contribution in [0.1, 0.15) is 310 Å². The molecule has 1 unspecified atom stereocenters. The molecule has 6 nitrogen and oxygen atoms in total. The highest BCUT2D eigenvalue weighted by Crippen LogP contribution is 2.32. The summed E-state index contributed by atoms with van der Waals surface area (Å²) in [7, 11) is 0. The van der Waals surface area contributed by atoms with Crippen LogP contribution in [0.5, 0.6) is 0 Å². The number of unbranched alkanes of at least 4 members (excludes halogenated alkanes) is 39. The van der Waals surface area contributed by atoms with Gasteiger partial charge in [-0.15, -0.1) is 0 Å². The van der Waals surface area contributed by atoms with E-state index in [-0.39, 0.29) is 19.3 Å². The number of rotatable bonds is 50. The SMILES string of the molecule is CCCCCCCCCCCCCCCCC(=O)C(O)(CO)C(O)(C(=O)CCCCCCCCCCCCCCCC)C(=O)CCCCCCCCCCCCCCCC. The summed E-state index contributed by atoms with van der Waals surface area (Å²) >= 11 is 0. The van der Waals surface area contributed by atoms with E-state index in [0.29, 0.717) is 19.3 Å². The lowest BCUT2D eigenvalue weighted by Crippen LogP contribution is -2.69. The van der Waals surface area contributed by atoms with Crippen LogP contribution in [-0.2, 0) is 14.4 Å². The van der Waals surface area contributed by atoms with Crippen molar-refractivity contribution in [3.8, 4) is 0 Å². The molecule has 0 rings (SSSR count). The molecule has 0 heterocycles. The normalized spacial score (nSPS) is 12.9. The standard InChI is InChI=1S/C54H104O6/c1-4-7-10-13-16-19-22-25-28-31-34-37-40-43-46-50(56)53(59,49-55)54(60,51(57)47-44-41-38-35-32-29-26-23-20-17-14-11-8-5-2)52(58)48-45-42-39-36-33-30-27-24-21-18-15-12-9-6-3/h55,59-60H,4-49H2,1-3H3. The fraction of sp³-hybridized carbons (Fsp3) is 0.944. The van der Waals surface area contributed by atoms with Gasteiger partial charge in [0.2, 0.25) is 5.60 Å². The van der Waals surface area contributed by atoms with Crippen molar-refractivity contribution in [1.29, 1.82) is 0 Å². The van der Waals surface area contributed by atoms with Crippen LogP contribution in [0.25, 0.3) is 0 Å². The van der Waals surface area contributed by atoms with Crippen molar-refractivity contribution in [2.75, 3.05) is 6.61 Å². The van der Waals surface area contributed by atoms with Gasteiger partial charge in [-0.05, 0) is 19.3 Å². The van der Waals surface area contributed by atoms with Crippen LogP contribution in [0.2, 0.25) is 0 Å². The van der Waals surface area contributed by atoms with E-state index in [0.717, 1.165) is 57.8 Å². The third-order valence-electron chi connectivity index (χ3n) is 13.4. The van der Waals surface area contributed by atoms with E-state index in [4.69, 9.17) is 0 Å². The largest absolute Gasteiger partial charge is 0.393 e. The molecule has 60 heavy (non-hydrogen) atoms. The fourth-order valence-electron chi connectivity index (χ4n) is 9.03. The van der Waals surface area contributed by atoms with Crippen molar-refractivity contribution in [1.82, 2.24) is 0 Å². The van der Waals surface area contributed by atoms with E-state index >= 15 is 0 Å². The lowest BCUT2D eigenvalue weighted by Gasteiger charge is -2.39.